The van der Waals surface area contributed by atoms with Crippen molar-refractivity contribution in [3.63, 3.8) is 0 Å². The van der Waals surface area contributed by atoms with Crippen LogP contribution < -0.4 is 0 Å². The van der Waals surface area contributed by atoms with Crippen molar-refractivity contribution in [3.05, 3.63) is 0 Å². The van der Waals surface area contributed by atoms with E-state index in [0.29, 0.717) is 19.3 Å². The Morgan fingerprint density at radius 3 is 0.721 bits per heavy atom. The summed E-state index contributed by atoms with van der Waals surface area (Å²) in [6.07, 6.45) is 59.5. The van der Waals surface area contributed by atoms with Gasteiger partial charge in [0.1, 0.15) is 13.2 Å². The van der Waals surface area contributed by atoms with Gasteiger partial charge in [-0.1, -0.05) is 311 Å². The molecule has 0 saturated carbocycles. The standard InChI is InChI=1S/C62H120O6/c1-6-7-8-9-10-11-12-13-14-18-21-27-32-37-42-47-52-60(63)66-55-59(56-67-61(64)53-48-43-38-33-28-24-23-26-31-36-41-46-51-58(4)5)68-62(65)54-49-44-39-34-29-22-19-16-15-17-20-25-30-35-40-45-50-57(2)3/h57-59H,6-56H2,1-5H3/t59-/m0/s1. The van der Waals surface area contributed by atoms with Crippen LogP contribution >= 0.6 is 0 Å². The van der Waals surface area contributed by atoms with E-state index >= 15 is 0 Å². The van der Waals surface area contributed by atoms with E-state index in [2.05, 4.69) is 34.6 Å². The Labute approximate surface area is 425 Å². The van der Waals surface area contributed by atoms with Crippen LogP contribution in [0.3, 0.4) is 0 Å². The van der Waals surface area contributed by atoms with Crippen molar-refractivity contribution < 1.29 is 28.6 Å². The van der Waals surface area contributed by atoms with Crippen LogP contribution in [0.1, 0.15) is 349 Å². The molecule has 0 rings (SSSR count). The molecule has 0 N–H and O–H groups in total. The molecule has 0 fully saturated rings. The van der Waals surface area contributed by atoms with Crippen LogP contribution in [0.4, 0.5) is 0 Å². The second-order valence-electron chi connectivity index (χ2n) is 22.3. The van der Waals surface area contributed by atoms with Crippen molar-refractivity contribution in [2.75, 3.05) is 13.2 Å². The quantitative estimate of drug-likeness (QED) is 0.0343. The van der Waals surface area contributed by atoms with E-state index < -0.39 is 6.10 Å². The summed E-state index contributed by atoms with van der Waals surface area (Å²) in [6.45, 7) is 11.4. The van der Waals surface area contributed by atoms with Crippen LogP contribution in [0.5, 0.6) is 0 Å². The molecule has 0 radical (unpaired) electrons. The number of carbonyl (C=O) groups is 3. The van der Waals surface area contributed by atoms with E-state index in [1.54, 1.807) is 0 Å². The maximum Gasteiger partial charge on any atom is 0.306 e. The van der Waals surface area contributed by atoms with Crippen LogP contribution in [0.2, 0.25) is 0 Å². The molecule has 0 bridgehead atoms. The lowest BCUT2D eigenvalue weighted by molar-refractivity contribution is -0.167. The summed E-state index contributed by atoms with van der Waals surface area (Å²) in [5.41, 5.74) is 0. The maximum atomic E-state index is 12.9. The highest BCUT2D eigenvalue weighted by atomic mass is 16.6. The summed E-state index contributed by atoms with van der Waals surface area (Å²) in [5, 5.41) is 0. The van der Waals surface area contributed by atoms with E-state index in [-0.39, 0.29) is 31.1 Å². The zero-order valence-electron chi connectivity index (χ0n) is 46.7. The lowest BCUT2D eigenvalue weighted by atomic mass is 10.0. The minimum Gasteiger partial charge on any atom is -0.462 e. The van der Waals surface area contributed by atoms with Crippen LogP contribution in [-0.2, 0) is 28.6 Å². The first-order chi connectivity index (χ1) is 33.2. The van der Waals surface area contributed by atoms with E-state index in [0.717, 1.165) is 69.6 Å². The van der Waals surface area contributed by atoms with Crippen molar-refractivity contribution in [1.82, 2.24) is 0 Å². The number of carbonyl (C=O) groups excluding carboxylic acids is 3. The third kappa shape index (κ3) is 55.3. The van der Waals surface area contributed by atoms with E-state index in [9.17, 15) is 14.4 Å². The van der Waals surface area contributed by atoms with Crippen molar-refractivity contribution in [2.24, 2.45) is 11.8 Å². The SMILES string of the molecule is CCCCCCCCCCCCCCCCCCC(=O)OC[C@@H](COC(=O)CCCCCCCCCCCCCCC(C)C)OC(=O)CCCCCCCCCCCCCCCCCCC(C)C. The molecule has 1 atom stereocenters. The van der Waals surface area contributed by atoms with Gasteiger partial charge < -0.3 is 14.2 Å². The normalized spacial score (nSPS) is 12.0. The van der Waals surface area contributed by atoms with Gasteiger partial charge in [-0.25, -0.2) is 0 Å². The summed E-state index contributed by atoms with van der Waals surface area (Å²) < 4.78 is 16.9. The van der Waals surface area contributed by atoms with Crippen molar-refractivity contribution >= 4 is 17.9 Å². The van der Waals surface area contributed by atoms with E-state index in [1.807, 2.05) is 0 Å². The Bertz CT molecular complexity index is 1040. The average molecular weight is 962 g/mol. The molecular formula is C62H120O6. The predicted octanol–water partition coefficient (Wildman–Crippen LogP) is 20.4. The molecule has 68 heavy (non-hydrogen) atoms. The molecule has 0 aromatic carbocycles. The second kappa shape index (κ2) is 54.7. The van der Waals surface area contributed by atoms with Gasteiger partial charge in [-0.05, 0) is 31.1 Å². The second-order valence-corrected chi connectivity index (χ2v) is 22.3. The topological polar surface area (TPSA) is 78.9 Å². The van der Waals surface area contributed by atoms with E-state index in [4.69, 9.17) is 14.2 Å². The van der Waals surface area contributed by atoms with Gasteiger partial charge in [0, 0.05) is 19.3 Å². The summed E-state index contributed by atoms with van der Waals surface area (Å²) >= 11 is 0. The number of esters is 3. The fraction of sp³-hybridized carbons (Fsp3) is 0.952. The van der Waals surface area contributed by atoms with Crippen LogP contribution in [0, 0.1) is 11.8 Å². The minimum absolute atomic E-state index is 0.0621. The first kappa shape index (κ1) is 66.4. The Balaban J connectivity index is 4.29. The van der Waals surface area contributed by atoms with Crippen molar-refractivity contribution in [3.8, 4) is 0 Å². The van der Waals surface area contributed by atoms with Gasteiger partial charge in [-0.2, -0.15) is 0 Å². The highest BCUT2D eigenvalue weighted by Crippen LogP contribution is 2.19. The van der Waals surface area contributed by atoms with Gasteiger partial charge >= 0.3 is 17.9 Å². The molecule has 0 amide bonds. The Kier molecular flexibility index (Phi) is 53.5. The summed E-state index contributed by atoms with van der Waals surface area (Å²) in [4.78, 5) is 38.2. The molecular weight excluding hydrogens is 841 g/mol. The average Bonchev–Trinajstić information content (AvgIpc) is 3.31. The fourth-order valence-electron chi connectivity index (χ4n) is 9.58. The third-order valence-corrected chi connectivity index (χ3v) is 14.2. The maximum absolute atomic E-state index is 12.9. The van der Waals surface area contributed by atoms with Gasteiger partial charge in [0.05, 0.1) is 0 Å². The lowest BCUT2D eigenvalue weighted by Gasteiger charge is -2.18. The molecule has 0 aliphatic heterocycles. The van der Waals surface area contributed by atoms with Gasteiger partial charge in [0.25, 0.3) is 0 Å². The molecule has 0 spiro atoms. The lowest BCUT2D eigenvalue weighted by Crippen LogP contribution is -2.30. The Morgan fingerprint density at radius 1 is 0.279 bits per heavy atom. The summed E-state index contributed by atoms with van der Waals surface area (Å²) in [7, 11) is 0. The van der Waals surface area contributed by atoms with Crippen LogP contribution in [0.25, 0.3) is 0 Å². The molecule has 6 nitrogen and oxygen atoms in total. The zero-order chi connectivity index (χ0) is 49.6. The number of hydrogen-bond acceptors (Lipinski definition) is 6. The van der Waals surface area contributed by atoms with Gasteiger partial charge in [0.15, 0.2) is 6.10 Å². The first-order valence-corrected chi connectivity index (χ1v) is 30.7. The highest BCUT2D eigenvalue weighted by Gasteiger charge is 2.19. The smallest absolute Gasteiger partial charge is 0.306 e. The van der Waals surface area contributed by atoms with Crippen molar-refractivity contribution in [1.29, 1.82) is 0 Å². The highest BCUT2D eigenvalue weighted by molar-refractivity contribution is 5.71. The van der Waals surface area contributed by atoms with Crippen LogP contribution in [0.15, 0.2) is 0 Å². The minimum atomic E-state index is -0.763. The summed E-state index contributed by atoms with van der Waals surface area (Å²) in [5.74, 6) is 0.852. The molecule has 0 aliphatic rings. The largest absolute Gasteiger partial charge is 0.462 e. The third-order valence-electron chi connectivity index (χ3n) is 14.2. The Hall–Kier alpha value is -1.59. The number of rotatable bonds is 56. The van der Waals surface area contributed by atoms with Gasteiger partial charge in [-0.3, -0.25) is 14.4 Å². The Morgan fingerprint density at radius 2 is 0.485 bits per heavy atom. The van der Waals surface area contributed by atoms with Gasteiger partial charge in [0.2, 0.25) is 0 Å². The molecule has 404 valence electrons. The predicted molar refractivity (Wildman–Crippen MR) is 293 cm³/mol. The molecule has 0 saturated heterocycles. The molecule has 6 heteroatoms. The molecule has 0 aromatic rings. The first-order valence-electron chi connectivity index (χ1n) is 30.7. The monoisotopic (exact) mass is 961 g/mol. The zero-order valence-corrected chi connectivity index (χ0v) is 46.7. The van der Waals surface area contributed by atoms with Crippen molar-refractivity contribution in [2.45, 2.75) is 355 Å². The van der Waals surface area contributed by atoms with Gasteiger partial charge in [-0.15, -0.1) is 0 Å². The number of unbranched alkanes of at least 4 members (excludes halogenated alkanes) is 41. The number of hydrogen-bond donors (Lipinski definition) is 0. The molecule has 0 aromatic heterocycles. The molecule has 0 heterocycles. The molecule has 0 aliphatic carbocycles. The number of ether oxygens (including phenoxy) is 3. The van der Waals surface area contributed by atoms with E-state index in [1.165, 1.54) is 238 Å². The van der Waals surface area contributed by atoms with Crippen LogP contribution in [-0.4, -0.2) is 37.2 Å². The summed E-state index contributed by atoms with van der Waals surface area (Å²) in [6, 6.07) is 0. The molecule has 0 unspecified atom stereocenters. The fourth-order valence-corrected chi connectivity index (χ4v) is 9.58.